The molecule has 7 nitrogen and oxygen atoms in total. The largest absolute Gasteiger partial charge is 0.493 e. The lowest BCUT2D eigenvalue weighted by Crippen LogP contribution is -2.67. The standard InChI is InChI=1S/C27H20Cl4N2O5/c1-11-5-7-14(9-12(11)2)32-23(13-6-8-15(37-3)16(10-13)38-4)24(27(32)36)33-25(34)17-18(26(33)35)20(29)22(31)21(30)19(17)28/h5-10,23-24H,1-4H3/t23-,24-/m0/s1. The smallest absolute Gasteiger partial charge is 0.264 e. The van der Waals surface area contributed by atoms with Crippen molar-refractivity contribution in [1.29, 1.82) is 0 Å². The van der Waals surface area contributed by atoms with Crippen LogP contribution in [0.3, 0.4) is 0 Å². The number of hydrogen-bond donors (Lipinski definition) is 0. The summed E-state index contributed by atoms with van der Waals surface area (Å²) in [6, 6.07) is 8.84. The minimum Gasteiger partial charge on any atom is -0.493 e. The highest BCUT2D eigenvalue weighted by atomic mass is 35.5. The molecule has 0 radical (unpaired) electrons. The molecule has 3 aromatic rings. The van der Waals surface area contributed by atoms with Crippen molar-refractivity contribution in [2.75, 3.05) is 19.1 Å². The molecule has 2 aliphatic heterocycles. The topological polar surface area (TPSA) is 76.2 Å². The van der Waals surface area contributed by atoms with Gasteiger partial charge in [-0.3, -0.25) is 19.3 Å². The monoisotopic (exact) mass is 592 g/mol. The molecule has 0 aromatic heterocycles. The second-order valence-corrected chi connectivity index (χ2v) is 10.5. The minimum atomic E-state index is -1.19. The minimum absolute atomic E-state index is 0.145. The van der Waals surface area contributed by atoms with Gasteiger partial charge in [0.2, 0.25) is 0 Å². The van der Waals surface area contributed by atoms with Crippen LogP contribution in [0.15, 0.2) is 36.4 Å². The lowest BCUT2D eigenvalue weighted by atomic mass is 9.85. The normalized spacial score (nSPS) is 18.6. The van der Waals surface area contributed by atoms with E-state index in [1.54, 1.807) is 23.1 Å². The molecule has 0 N–H and O–H groups in total. The van der Waals surface area contributed by atoms with Crippen molar-refractivity contribution in [3.8, 4) is 11.5 Å². The van der Waals surface area contributed by atoms with Crippen molar-refractivity contribution in [3.05, 3.63) is 84.3 Å². The first kappa shape index (κ1) is 26.6. The predicted octanol–water partition coefficient (Wildman–Crippen LogP) is 6.69. The molecule has 2 atom stereocenters. The number of carbonyl (C=O) groups is 3. The Labute approximate surface area is 238 Å². The summed E-state index contributed by atoms with van der Waals surface area (Å²) in [6.07, 6.45) is 0. The highest BCUT2D eigenvalue weighted by molar-refractivity contribution is 6.55. The summed E-state index contributed by atoms with van der Waals surface area (Å²) in [6.45, 7) is 3.90. The Hall–Kier alpha value is -2.97. The summed E-state index contributed by atoms with van der Waals surface area (Å²) in [7, 11) is 3.00. The zero-order valence-electron chi connectivity index (χ0n) is 20.6. The van der Waals surface area contributed by atoms with E-state index in [-0.39, 0.29) is 31.2 Å². The molecule has 2 heterocycles. The van der Waals surface area contributed by atoms with E-state index in [1.165, 1.54) is 14.2 Å². The Balaban J connectivity index is 1.66. The third kappa shape index (κ3) is 3.75. The van der Waals surface area contributed by atoms with Gasteiger partial charge < -0.3 is 14.4 Å². The number of amides is 3. The number of β-lactam (4-membered cyclic amide) rings is 1. The van der Waals surface area contributed by atoms with Crippen LogP contribution in [0.25, 0.3) is 0 Å². The highest BCUT2D eigenvalue weighted by Gasteiger charge is 2.58. The summed E-state index contributed by atoms with van der Waals surface area (Å²) in [4.78, 5) is 43.4. The van der Waals surface area contributed by atoms with Gasteiger partial charge in [0.05, 0.1) is 51.5 Å². The zero-order chi connectivity index (χ0) is 27.6. The van der Waals surface area contributed by atoms with Crippen LogP contribution in [-0.4, -0.2) is 42.9 Å². The van der Waals surface area contributed by atoms with Gasteiger partial charge in [0.15, 0.2) is 11.5 Å². The Morgan fingerprint density at radius 3 is 1.76 bits per heavy atom. The van der Waals surface area contributed by atoms with Crippen LogP contribution in [0.2, 0.25) is 20.1 Å². The van der Waals surface area contributed by atoms with Gasteiger partial charge in [0.25, 0.3) is 17.7 Å². The highest BCUT2D eigenvalue weighted by Crippen LogP contribution is 2.50. The number of ether oxygens (including phenoxy) is 2. The summed E-state index contributed by atoms with van der Waals surface area (Å²) in [5, 5.41) is -0.684. The molecule has 1 fully saturated rings. The number of anilines is 1. The van der Waals surface area contributed by atoms with E-state index in [0.717, 1.165) is 16.0 Å². The number of benzene rings is 3. The number of halogens is 4. The quantitative estimate of drug-likeness (QED) is 0.143. The van der Waals surface area contributed by atoms with E-state index in [0.29, 0.717) is 22.7 Å². The molecule has 0 spiro atoms. The number of nitrogens with zero attached hydrogens (tertiary/aromatic N) is 2. The molecule has 1 saturated heterocycles. The lowest BCUT2D eigenvalue weighted by Gasteiger charge is -2.50. The number of carbonyl (C=O) groups excluding carboxylic acids is 3. The maximum atomic E-state index is 13.8. The van der Waals surface area contributed by atoms with Crippen molar-refractivity contribution in [2.24, 2.45) is 0 Å². The fraction of sp³-hybridized carbons (Fsp3) is 0.222. The van der Waals surface area contributed by atoms with Gasteiger partial charge in [-0.25, -0.2) is 0 Å². The number of methoxy groups -OCH3 is 2. The van der Waals surface area contributed by atoms with Crippen molar-refractivity contribution < 1.29 is 23.9 Å². The van der Waals surface area contributed by atoms with Crippen LogP contribution < -0.4 is 14.4 Å². The van der Waals surface area contributed by atoms with Gasteiger partial charge in [-0.15, -0.1) is 0 Å². The molecule has 11 heteroatoms. The number of hydrogen-bond acceptors (Lipinski definition) is 5. The molecule has 3 aromatic carbocycles. The molecular formula is C27H20Cl4N2O5. The molecule has 0 unspecified atom stereocenters. The Morgan fingerprint density at radius 1 is 0.658 bits per heavy atom. The van der Waals surface area contributed by atoms with Crippen LogP contribution in [0.5, 0.6) is 11.5 Å². The molecule has 5 rings (SSSR count). The molecule has 0 bridgehead atoms. The Morgan fingerprint density at radius 2 is 1.24 bits per heavy atom. The SMILES string of the molecule is COc1ccc([C@H]2[C@H](N3C(=O)c4c(Cl)c(Cl)c(Cl)c(Cl)c4C3=O)C(=O)N2c2ccc(C)c(C)c2)cc1OC. The third-order valence-electron chi connectivity index (χ3n) is 7.00. The lowest BCUT2D eigenvalue weighted by molar-refractivity contribution is -0.130. The summed E-state index contributed by atoms with van der Waals surface area (Å²) < 4.78 is 10.8. The van der Waals surface area contributed by atoms with Gasteiger partial charge in [0, 0.05) is 5.69 Å². The average molecular weight is 594 g/mol. The first-order chi connectivity index (χ1) is 18.0. The fourth-order valence-electron chi connectivity index (χ4n) is 4.88. The Kier molecular flexibility index (Phi) is 6.76. The second kappa shape index (κ2) is 9.65. The number of fused-ring (bicyclic) bond motifs is 1. The third-order valence-corrected chi connectivity index (χ3v) is 8.80. The van der Waals surface area contributed by atoms with E-state index < -0.39 is 29.8 Å². The van der Waals surface area contributed by atoms with E-state index in [2.05, 4.69) is 0 Å². The number of rotatable bonds is 5. The van der Waals surface area contributed by atoms with Gasteiger partial charge in [-0.2, -0.15) is 0 Å². The van der Waals surface area contributed by atoms with Crippen LogP contribution >= 0.6 is 46.4 Å². The fourth-order valence-corrected chi connectivity index (χ4v) is 5.89. The van der Waals surface area contributed by atoms with Crippen molar-refractivity contribution in [2.45, 2.75) is 25.9 Å². The first-order valence-corrected chi connectivity index (χ1v) is 12.9. The average Bonchev–Trinajstić information content (AvgIpc) is 3.16. The van der Waals surface area contributed by atoms with Gasteiger partial charge in [-0.05, 0) is 54.8 Å². The van der Waals surface area contributed by atoms with Gasteiger partial charge in [0.1, 0.15) is 6.04 Å². The van der Waals surface area contributed by atoms with E-state index in [4.69, 9.17) is 55.9 Å². The summed E-state index contributed by atoms with van der Waals surface area (Å²) in [5.74, 6) is -1.10. The summed E-state index contributed by atoms with van der Waals surface area (Å²) >= 11 is 25.0. The van der Waals surface area contributed by atoms with E-state index in [9.17, 15) is 14.4 Å². The van der Waals surface area contributed by atoms with Crippen LogP contribution in [0, 0.1) is 13.8 Å². The second-order valence-electron chi connectivity index (χ2n) is 8.97. The Bertz CT molecular complexity index is 1510. The van der Waals surface area contributed by atoms with Crippen LogP contribution in [-0.2, 0) is 4.79 Å². The maximum Gasteiger partial charge on any atom is 0.264 e. The molecular weight excluding hydrogens is 574 g/mol. The van der Waals surface area contributed by atoms with Gasteiger partial charge >= 0.3 is 0 Å². The molecule has 3 amide bonds. The number of aryl methyl sites for hydroxylation is 2. The molecule has 0 aliphatic carbocycles. The van der Waals surface area contributed by atoms with Crippen molar-refractivity contribution in [1.82, 2.24) is 4.90 Å². The van der Waals surface area contributed by atoms with Gasteiger partial charge in [-0.1, -0.05) is 58.5 Å². The molecule has 0 saturated carbocycles. The maximum absolute atomic E-state index is 13.8. The van der Waals surface area contributed by atoms with E-state index >= 15 is 0 Å². The first-order valence-electron chi connectivity index (χ1n) is 11.4. The molecule has 2 aliphatic rings. The summed E-state index contributed by atoms with van der Waals surface area (Å²) in [5.41, 5.74) is 2.91. The molecule has 38 heavy (non-hydrogen) atoms. The van der Waals surface area contributed by atoms with Crippen molar-refractivity contribution >= 4 is 69.8 Å². The van der Waals surface area contributed by atoms with Crippen LogP contribution in [0.4, 0.5) is 5.69 Å². The van der Waals surface area contributed by atoms with Crippen molar-refractivity contribution in [3.63, 3.8) is 0 Å². The van der Waals surface area contributed by atoms with E-state index in [1.807, 2.05) is 32.0 Å². The van der Waals surface area contributed by atoms with Crippen LogP contribution in [0.1, 0.15) is 43.4 Å². The predicted molar refractivity (Wildman–Crippen MR) is 146 cm³/mol. The molecule has 196 valence electrons. The number of imide groups is 1. The zero-order valence-corrected chi connectivity index (χ0v) is 23.6.